The second-order valence-corrected chi connectivity index (χ2v) is 4.11. The van der Waals surface area contributed by atoms with Gasteiger partial charge in [-0.1, -0.05) is 0 Å². The van der Waals surface area contributed by atoms with Gasteiger partial charge < -0.3 is 15.2 Å². The second-order valence-electron chi connectivity index (χ2n) is 4.11. The molecule has 18 heavy (non-hydrogen) atoms. The van der Waals surface area contributed by atoms with Crippen LogP contribution in [0.5, 0.6) is 5.75 Å². The third-order valence-corrected chi connectivity index (χ3v) is 2.38. The predicted octanol–water partition coefficient (Wildman–Crippen LogP) is 1.62. The van der Waals surface area contributed by atoms with Crippen molar-refractivity contribution in [3.8, 4) is 5.75 Å². The zero-order valence-corrected chi connectivity index (χ0v) is 10.2. The van der Waals surface area contributed by atoms with Crippen molar-refractivity contribution in [2.75, 3.05) is 13.7 Å². The Morgan fingerprint density at radius 2 is 1.89 bits per heavy atom. The molecule has 6 heteroatoms. The maximum absolute atomic E-state index is 12.9. The molecule has 1 rings (SSSR count). The van der Waals surface area contributed by atoms with Crippen LogP contribution in [0, 0.1) is 11.6 Å². The van der Waals surface area contributed by atoms with Crippen LogP contribution in [0.3, 0.4) is 0 Å². The van der Waals surface area contributed by atoms with Gasteiger partial charge >= 0.3 is 5.97 Å². The van der Waals surface area contributed by atoms with Gasteiger partial charge in [-0.2, -0.15) is 0 Å². The van der Waals surface area contributed by atoms with Crippen LogP contribution in [0.15, 0.2) is 18.2 Å². The monoisotopic (exact) mass is 259 g/mol. The van der Waals surface area contributed by atoms with Crippen molar-refractivity contribution in [3.63, 3.8) is 0 Å². The summed E-state index contributed by atoms with van der Waals surface area (Å²) in [7, 11) is 1.23. The summed E-state index contributed by atoms with van der Waals surface area (Å²) in [6.45, 7) is 1.54. The first-order valence-electron chi connectivity index (χ1n) is 5.31. The van der Waals surface area contributed by atoms with Gasteiger partial charge in [-0.3, -0.25) is 4.79 Å². The number of methoxy groups -OCH3 is 1. The Hall–Kier alpha value is -1.69. The van der Waals surface area contributed by atoms with Crippen molar-refractivity contribution < 1.29 is 23.0 Å². The fourth-order valence-corrected chi connectivity index (χ4v) is 1.33. The molecule has 0 bridgehead atoms. The molecule has 0 aliphatic carbocycles. The topological polar surface area (TPSA) is 61.5 Å². The Morgan fingerprint density at radius 1 is 1.33 bits per heavy atom. The van der Waals surface area contributed by atoms with Crippen LogP contribution in [0.4, 0.5) is 8.78 Å². The van der Waals surface area contributed by atoms with E-state index in [0.29, 0.717) is 0 Å². The van der Waals surface area contributed by atoms with E-state index in [1.165, 1.54) is 14.0 Å². The highest BCUT2D eigenvalue weighted by Gasteiger charge is 2.29. The third kappa shape index (κ3) is 3.96. The first-order chi connectivity index (χ1) is 8.35. The normalized spacial score (nSPS) is 13.8. The number of rotatable bonds is 5. The van der Waals surface area contributed by atoms with E-state index in [0.717, 1.165) is 18.2 Å². The first-order valence-corrected chi connectivity index (χ1v) is 5.31. The van der Waals surface area contributed by atoms with Crippen molar-refractivity contribution in [1.29, 1.82) is 0 Å². The van der Waals surface area contributed by atoms with E-state index in [4.69, 9.17) is 10.5 Å². The molecule has 0 heterocycles. The molecule has 4 nitrogen and oxygen atoms in total. The van der Waals surface area contributed by atoms with Crippen molar-refractivity contribution in [2.45, 2.75) is 18.9 Å². The van der Waals surface area contributed by atoms with Gasteiger partial charge in [-0.15, -0.1) is 0 Å². The van der Waals surface area contributed by atoms with Crippen LogP contribution in [0.1, 0.15) is 13.3 Å². The average molecular weight is 259 g/mol. The average Bonchev–Trinajstić information content (AvgIpc) is 2.26. The minimum atomic E-state index is -1.19. The molecule has 0 saturated carbocycles. The summed E-state index contributed by atoms with van der Waals surface area (Å²) in [6, 6.07) is 2.85. The Labute approximate surface area is 104 Å². The van der Waals surface area contributed by atoms with E-state index in [1.54, 1.807) is 0 Å². The zero-order chi connectivity index (χ0) is 13.8. The number of carbonyl (C=O) groups excluding carboxylic acids is 1. The summed E-state index contributed by atoms with van der Waals surface area (Å²) in [5, 5.41) is 0. The lowest BCUT2D eigenvalue weighted by Crippen LogP contribution is -2.46. The molecule has 2 N–H and O–H groups in total. The predicted molar refractivity (Wildman–Crippen MR) is 61.1 cm³/mol. The van der Waals surface area contributed by atoms with Gasteiger partial charge in [0, 0.05) is 24.6 Å². The van der Waals surface area contributed by atoms with Crippen molar-refractivity contribution >= 4 is 5.97 Å². The second kappa shape index (κ2) is 5.77. The van der Waals surface area contributed by atoms with Gasteiger partial charge in [-0.05, 0) is 6.92 Å². The highest BCUT2D eigenvalue weighted by atomic mass is 19.1. The maximum Gasteiger partial charge on any atom is 0.325 e. The van der Waals surface area contributed by atoms with Gasteiger partial charge in [0.15, 0.2) is 0 Å². The fraction of sp³-hybridized carbons (Fsp3) is 0.417. The first kappa shape index (κ1) is 14.4. The molecule has 0 aromatic heterocycles. The molecule has 100 valence electrons. The van der Waals surface area contributed by atoms with Crippen LogP contribution in [0.2, 0.25) is 0 Å². The van der Waals surface area contributed by atoms with Crippen LogP contribution >= 0.6 is 0 Å². The Bertz CT molecular complexity index is 415. The molecule has 0 amide bonds. The van der Waals surface area contributed by atoms with E-state index in [9.17, 15) is 13.6 Å². The summed E-state index contributed by atoms with van der Waals surface area (Å²) in [5.74, 6) is -1.98. The molecule has 1 aromatic rings. The Kier molecular flexibility index (Phi) is 4.61. The number of nitrogens with two attached hydrogens (primary N) is 1. The number of hydrogen-bond acceptors (Lipinski definition) is 4. The quantitative estimate of drug-likeness (QED) is 0.816. The van der Waals surface area contributed by atoms with E-state index in [2.05, 4.69) is 4.74 Å². The lowest BCUT2D eigenvalue weighted by molar-refractivity contribution is -0.146. The highest BCUT2D eigenvalue weighted by molar-refractivity contribution is 5.79. The van der Waals surface area contributed by atoms with Crippen LogP contribution in [0.25, 0.3) is 0 Å². The zero-order valence-electron chi connectivity index (χ0n) is 10.2. The molecule has 1 aromatic carbocycles. The molecule has 0 aliphatic heterocycles. The standard InChI is InChI=1S/C12H15F2NO3/c1-12(15,11(16)17-2)3-4-18-10-6-8(13)5-9(14)7-10/h5-7H,3-4,15H2,1-2H3. The Morgan fingerprint density at radius 3 is 2.39 bits per heavy atom. The minimum absolute atomic E-state index is 0.0466. The molecular formula is C12H15F2NO3. The van der Waals surface area contributed by atoms with Crippen LogP contribution < -0.4 is 10.5 Å². The van der Waals surface area contributed by atoms with Crippen LogP contribution in [-0.4, -0.2) is 25.2 Å². The number of benzene rings is 1. The number of esters is 1. The largest absolute Gasteiger partial charge is 0.493 e. The van der Waals surface area contributed by atoms with Gasteiger partial charge in [0.05, 0.1) is 13.7 Å². The molecule has 0 spiro atoms. The summed E-state index contributed by atoms with van der Waals surface area (Å²) in [5.41, 5.74) is 4.50. The van der Waals surface area contributed by atoms with E-state index >= 15 is 0 Å². The molecule has 1 atom stereocenters. The molecular weight excluding hydrogens is 244 g/mol. The van der Waals surface area contributed by atoms with Crippen molar-refractivity contribution in [1.82, 2.24) is 0 Å². The minimum Gasteiger partial charge on any atom is -0.493 e. The molecule has 0 fully saturated rings. The molecule has 1 unspecified atom stereocenters. The van der Waals surface area contributed by atoms with Gasteiger partial charge in [0.1, 0.15) is 22.9 Å². The van der Waals surface area contributed by atoms with Crippen LogP contribution in [-0.2, 0) is 9.53 Å². The Balaban J connectivity index is 2.53. The van der Waals surface area contributed by atoms with E-state index in [1.807, 2.05) is 0 Å². The number of hydrogen-bond donors (Lipinski definition) is 1. The SMILES string of the molecule is COC(=O)C(C)(N)CCOc1cc(F)cc(F)c1. The number of ether oxygens (including phenoxy) is 2. The maximum atomic E-state index is 12.9. The lowest BCUT2D eigenvalue weighted by atomic mass is 10.0. The summed E-state index contributed by atoms with van der Waals surface area (Å²) >= 11 is 0. The summed E-state index contributed by atoms with van der Waals surface area (Å²) in [6.07, 6.45) is 0.164. The lowest BCUT2D eigenvalue weighted by Gasteiger charge is -2.21. The van der Waals surface area contributed by atoms with Crippen molar-refractivity contribution in [3.05, 3.63) is 29.8 Å². The third-order valence-electron chi connectivity index (χ3n) is 2.38. The number of carbonyl (C=O) groups is 1. The van der Waals surface area contributed by atoms with Gasteiger partial charge in [0.25, 0.3) is 0 Å². The fourth-order valence-electron chi connectivity index (χ4n) is 1.33. The highest BCUT2D eigenvalue weighted by Crippen LogP contribution is 2.16. The summed E-state index contributed by atoms with van der Waals surface area (Å²) in [4.78, 5) is 11.3. The summed E-state index contributed by atoms with van der Waals surface area (Å²) < 4.78 is 35.4. The smallest absolute Gasteiger partial charge is 0.325 e. The molecule has 0 saturated heterocycles. The van der Waals surface area contributed by atoms with Gasteiger partial charge in [-0.25, -0.2) is 8.78 Å². The molecule has 0 aliphatic rings. The van der Waals surface area contributed by atoms with Crippen molar-refractivity contribution in [2.24, 2.45) is 5.73 Å². The number of halogens is 2. The van der Waals surface area contributed by atoms with E-state index < -0.39 is 23.1 Å². The molecule has 0 radical (unpaired) electrons. The van der Waals surface area contributed by atoms with Gasteiger partial charge in [0.2, 0.25) is 0 Å². The van der Waals surface area contributed by atoms with E-state index in [-0.39, 0.29) is 18.8 Å².